The van der Waals surface area contributed by atoms with Crippen LogP contribution in [0.4, 0.5) is 4.79 Å². The minimum absolute atomic E-state index is 0.125. The first-order chi connectivity index (χ1) is 11.7. The normalized spacial score (nSPS) is 21.3. The Kier molecular flexibility index (Phi) is 5.30. The molecule has 1 aliphatic rings. The molecule has 2 aromatic rings. The van der Waals surface area contributed by atoms with Crippen LogP contribution in [0.15, 0.2) is 16.7 Å². The number of aromatic nitrogens is 2. The lowest BCUT2D eigenvalue weighted by Gasteiger charge is -2.30. The minimum atomic E-state index is -0.480. The second kappa shape index (κ2) is 7.16. The van der Waals surface area contributed by atoms with E-state index in [9.17, 15) is 4.79 Å². The highest BCUT2D eigenvalue weighted by molar-refractivity contribution is 9.10. The van der Waals surface area contributed by atoms with Gasteiger partial charge < -0.3 is 15.0 Å². The fourth-order valence-electron chi connectivity index (χ4n) is 3.34. The minimum Gasteiger partial charge on any atom is -0.444 e. The van der Waals surface area contributed by atoms with Crippen molar-refractivity contribution in [3.63, 3.8) is 0 Å². The number of ether oxygens (including phenoxy) is 1. The molecule has 0 saturated heterocycles. The third-order valence-electron chi connectivity index (χ3n) is 4.41. The molecule has 1 aliphatic carbocycles. The van der Waals surface area contributed by atoms with Crippen molar-refractivity contribution in [1.29, 1.82) is 0 Å². The number of halogens is 2. The average Bonchev–Trinajstić information content (AvgIpc) is 2.94. The van der Waals surface area contributed by atoms with Gasteiger partial charge in [0.15, 0.2) is 0 Å². The van der Waals surface area contributed by atoms with Crippen molar-refractivity contribution in [1.82, 2.24) is 15.3 Å². The molecule has 7 heteroatoms. The van der Waals surface area contributed by atoms with E-state index in [0.29, 0.717) is 10.9 Å². The van der Waals surface area contributed by atoms with Crippen LogP contribution in [0, 0.1) is 0 Å². The summed E-state index contributed by atoms with van der Waals surface area (Å²) < 4.78 is 6.23. The quantitative estimate of drug-likeness (QED) is 0.661. The maximum absolute atomic E-state index is 12.0. The summed E-state index contributed by atoms with van der Waals surface area (Å²) in [6.45, 7) is 5.62. The van der Waals surface area contributed by atoms with Gasteiger partial charge in [-0.1, -0.05) is 18.0 Å². The molecule has 5 nitrogen and oxygen atoms in total. The smallest absolute Gasteiger partial charge is 0.407 e. The molecule has 0 aromatic carbocycles. The fraction of sp³-hybridized carbons (Fsp3) is 0.556. The zero-order chi connectivity index (χ0) is 18.2. The summed E-state index contributed by atoms with van der Waals surface area (Å²) in [5, 5.41) is 4.60. The van der Waals surface area contributed by atoms with Crippen LogP contribution in [0.25, 0.3) is 11.0 Å². The Bertz CT molecular complexity index is 784. The number of aromatic amines is 1. The van der Waals surface area contributed by atoms with Crippen LogP contribution in [0.2, 0.25) is 5.02 Å². The molecule has 2 atom stereocenters. The predicted octanol–water partition coefficient (Wildman–Crippen LogP) is 5.53. The standard InChI is InChI=1S/C18H23BrClN3O2/c1-18(2,3)25-17(24)22-11-6-4-5-10(7-11)14-8-12-15(19)13(20)9-21-16(12)23-14/h8-11H,4-7H2,1-3H3,(H,21,23)(H,22,24). The van der Waals surface area contributed by atoms with Crippen molar-refractivity contribution in [2.24, 2.45) is 0 Å². The van der Waals surface area contributed by atoms with E-state index in [4.69, 9.17) is 16.3 Å². The van der Waals surface area contributed by atoms with Crippen molar-refractivity contribution in [2.75, 3.05) is 0 Å². The highest BCUT2D eigenvalue weighted by Gasteiger charge is 2.27. The zero-order valence-electron chi connectivity index (χ0n) is 14.7. The van der Waals surface area contributed by atoms with Crippen LogP contribution in [-0.4, -0.2) is 27.7 Å². The molecule has 1 fully saturated rings. The number of nitrogens with zero attached hydrogens (tertiary/aromatic N) is 1. The van der Waals surface area contributed by atoms with Crippen molar-refractivity contribution >= 4 is 44.7 Å². The molecule has 2 aromatic heterocycles. The highest BCUT2D eigenvalue weighted by atomic mass is 79.9. The van der Waals surface area contributed by atoms with E-state index in [0.717, 1.165) is 46.9 Å². The molecular formula is C18H23BrClN3O2. The molecule has 0 spiro atoms. The van der Waals surface area contributed by atoms with Gasteiger partial charge in [-0.3, -0.25) is 0 Å². The fourth-order valence-corrected chi connectivity index (χ4v) is 3.89. The van der Waals surface area contributed by atoms with E-state index >= 15 is 0 Å². The molecule has 2 N–H and O–H groups in total. The van der Waals surface area contributed by atoms with Gasteiger partial charge in [0.25, 0.3) is 0 Å². The van der Waals surface area contributed by atoms with Gasteiger partial charge in [-0.25, -0.2) is 9.78 Å². The van der Waals surface area contributed by atoms with Gasteiger partial charge in [-0.2, -0.15) is 0 Å². The Morgan fingerprint density at radius 2 is 2.20 bits per heavy atom. The second-order valence-electron chi connectivity index (χ2n) is 7.61. The Hall–Kier alpha value is -1.27. The predicted molar refractivity (Wildman–Crippen MR) is 103 cm³/mol. The molecule has 3 rings (SSSR count). The first-order valence-electron chi connectivity index (χ1n) is 8.55. The van der Waals surface area contributed by atoms with Gasteiger partial charge in [-0.15, -0.1) is 0 Å². The summed E-state index contributed by atoms with van der Waals surface area (Å²) in [5.41, 5.74) is 1.49. The number of hydrogen-bond donors (Lipinski definition) is 2. The van der Waals surface area contributed by atoms with E-state index in [2.05, 4.69) is 37.3 Å². The van der Waals surface area contributed by atoms with E-state index < -0.39 is 5.60 Å². The third-order valence-corrected chi connectivity index (χ3v) is 5.77. The largest absolute Gasteiger partial charge is 0.444 e. The van der Waals surface area contributed by atoms with E-state index in [1.54, 1.807) is 6.20 Å². The number of carbonyl (C=O) groups is 1. The summed E-state index contributed by atoms with van der Waals surface area (Å²) in [5.74, 6) is 0.355. The van der Waals surface area contributed by atoms with Crippen molar-refractivity contribution < 1.29 is 9.53 Å². The van der Waals surface area contributed by atoms with Crippen LogP contribution < -0.4 is 5.32 Å². The molecule has 25 heavy (non-hydrogen) atoms. The van der Waals surface area contributed by atoms with E-state index in [1.165, 1.54) is 0 Å². The SMILES string of the molecule is CC(C)(C)OC(=O)NC1CCCC(c2cc3c(Br)c(Cl)cnc3[nH]2)C1. The van der Waals surface area contributed by atoms with E-state index in [1.807, 2.05) is 20.8 Å². The number of fused-ring (bicyclic) bond motifs is 1. The number of alkyl carbamates (subject to hydrolysis) is 1. The Morgan fingerprint density at radius 3 is 2.92 bits per heavy atom. The topological polar surface area (TPSA) is 67.0 Å². The number of pyridine rings is 1. The number of hydrogen-bond acceptors (Lipinski definition) is 3. The monoisotopic (exact) mass is 427 g/mol. The van der Waals surface area contributed by atoms with Crippen LogP contribution >= 0.6 is 27.5 Å². The van der Waals surface area contributed by atoms with Crippen LogP contribution in [0.1, 0.15) is 58.1 Å². The summed E-state index contributed by atoms with van der Waals surface area (Å²) in [7, 11) is 0. The Labute approximate surface area is 161 Å². The van der Waals surface area contributed by atoms with Crippen molar-refractivity contribution in [2.45, 2.75) is 64.0 Å². The number of H-pyrrole nitrogens is 1. The summed E-state index contributed by atoms with van der Waals surface area (Å²) in [4.78, 5) is 19.8. The van der Waals surface area contributed by atoms with Gasteiger partial charge in [0.05, 0.1) is 5.02 Å². The number of amides is 1. The van der Waals surface area contributed by atoms with Crippen molar-refractivity contribution in [3.05, 3.63) is 27.5 Å². The lowest BCUT2D eigenvalue weighted by molar-refractivity contribution is 0.0490. The lowest BCUT2D eigenvalue weighted by Crippen LogP contribution is -2.41. The first kappa shape index (κ1) is 18.5. The summed E-state index contributed by atoms with van der Waals surface area (Å²) >= 11 is 9.66. The molecule has 0 aliphatic heterocycles. The summed E-state index contributed by atoms with van der Waals surface area (Å²) in [6, 6.07) is 2.23. The van der Waals surface area contributed by atoms with Gasteiger partial charge in [0, 0.05) is 33.7 Å². The molecule has 0 radical (unpaired) electrons. The Balaban J connectivity index is 1.71. The van der Waals surface area contributed by atoms with Crippen molar-refractivity contribution in [3.8, 4) is 0 Å². The number of rotatable bonds is 2. The molecule has 2 unspecified atom stereocenters. The first-order valence-corrected chi connectivity index (χ1v) is 9.72. The molecule has 2 heterocycles. The van der Waals surface area contributed by atoms with Gasteiger partial charge in [-0.05, 0) is 62.0 Å². The Morgan fingerprint density at radius 1 is 1.44 bits per heavy atom. The van der Waals surface area contributed by atoms with Crippen LogP contribution in [0.5, 0.6) is 0 Å². The van der Waals surface area contributed by atoms with Crippen LogP contribution in [0.3, 0.4) is 0 Å². The highest BCUT2D eigenvalue weighted by Crippen LogP contribution is 2.36. The number of carbonyl (C=O) groups excluding carboxylic acids is 1. The second-order valence-corrected chi connectivity index (χ2v) is 8.81. The zero-order valence-corrected chi connectivity index (χ0v) is 17.0. The average molecular weight is 429 g/mol. The maximum Gasteiger partial charge on any atom is 0.407 e. The number of nitrogens with one attached hydrogen (secondary N) is 2. The van der Waals surface area contributed by atoms with E-state index in [-0.39, 0.29) is 12.1 Å². The maximum atomic E-state index is 12.0. The van der Waals surface area contributed by atoms with Gasteiger partial charge in [0.1, 0.15) is 11.2 Å². The molecular weight excluding hydrogens is 406 g/mol. The molecule has 0 bridgehead atoms. The molecule has 1 saturated carbocycles. The molecule has 1 amide bonds. The van der Waals surface area contributed by atoms with Gasteiger partial charge in [0.2, 0.25) is 0 Å². The molecule has 136 valence electrons. The lowest BCUT2D eigenvalue weighted by atomic mass is 9.84. The van der Waals surface area contributed by atoms with Gasteiger partial charge >= 0.3 is 6.09 Å². The summed E-state index contributed by atoms with van der Waals surface area (Å²) in [6.07, 6.45) is 5.31. The van der Waals surface area contributed by atoms with Crippen LogP contribution in [-0.2, 0) is 4.74 Å². The third kappa shape index (κ3) is 4.47.